The Hall–Kier alpha value is -1.95. The molecule has 1 saturated carbocycles. The van der Waals surface area contributed by atoms with Gasteiger partial charge in [0.15, 0.2) is 0 Å². The highest BCUT2D eigenvalue weighted by atomic mass is 16.6. The summed E-state index contributed by atoms with van der Waals surface area (Å²) in [7, 11) is 0. The van der Waals surface area contributed by atoms with Crippen LogP contribution in [0.25, 0.3) is 0 Å². The number of hydrogen-bond acceptors (Lipinski definition) is 4. The van der Waals surface area contributed by atoms with Crippen molar-refractivity contribution in [2.75, 3.05) is 13.2 Å². The Morgan fingerprint density at radius 2 is 2.11 bits per heavy atom. The van der Waals surface area contributed by atoms with Crippen LogP contribution in [-0.4, -0.2) is 40.0 Å². The van der Waals surface area contributed by atoms with E-state index < -0.39 is 4.92 Å². The summed E-state index contributed by atoms with van der Waals surface area (Å²) in [4.78, 5) is 24.2. The Morgan fingerprint density at radius 3 is 2.68 bits per heavy atom. The number of amides is 1. The van der Waals surface area contributed by atoms with Crippen LogP contribution in [0.15, 0.2) is 24.3 Å². The van der Waals surface area contributed by atoms with Crippen molar-refractivity contribution < 1.29 is 14.8 Å². The molecule has 0 spiro atoms. The van der Waals surface area contributed by atoms with Gasteiger partial charge in [-0.15, -0.1) is 0 Å². The lowest BCUT2D eigenvalue weighted by molar-refractivity contribution is -0.385. The van der Waals surface area contributed by atoms with Crippen molar-refractivity contribution in [2.24, 2.45) is 0 Å². The fourth-order valence-electron chi connectivity index (χ4n) is 2.11. The van der Waals surface area contributed by atoms with Gasteiger partial charge in [0.05, 0.1) is 18.0 Å². The summed E-state index contributed by atoms with van der Waals surface area (Å²) < 4.78 is 0. The van der Waals surface area contributed by atoms with Crippen molar-refractivity contribution in [3.05, 3.63) is 39.9 Å². The third kappa shape index (κ3) is 3.29. The van der Waals surface area contributed by atoms with E-state index in [-0.39, 0.29) is 30.7 Å². The van der Waals surface area contributed by atoms with Gasteiger partial charge in [0.2, 0.25) is 5.91 Å². The number of aliphatic hydroxyl groups excluding tert-OH is 1. The van der Waals surface area contributed by atoms with E-state index in [0.29, 0.717) is 12.1 Å². The second kappa shape index (κ2) is 5.79. The number of nitro groups is 1. The van der Waals surface area contributed by atoms with Crippen LogP contribution in [0.4, 0.5) is 5.69 Å². The lowest BCUT2D eigenvalue weighted by Gasteiger charge is -2.21. The Morgan fingerprint density at radius 1 is 1.42 bits per heavy atom. The molecular weight excluding hydrogens is 248 g/mol. The normalized spacial score (nSPS) is 14.2. The van der Waals surface area contributed by atoms with Gasteiger partial charge in [-0.3, -0.25) is 14.9 Å². The maximum atomic E-state index is 12.2. The quantitative estimate of drug-likeness (QED) is 0.616. The summed E-state index contributed by atoms with van der Waals surface area (Å²) in [6.45, 7) is 0.212. The maximum absolute atomic E-state index is 12.2. The zero-order valence-corrected chi connectivity index (χ0v) is 10.5. The number of aliphatic hydroxyl groups is 1. The summed E-state index contributed by atoms with van der Waals surface area (Å²) in [5, 5.41) is 19.9. The van der Waals surface area contributed by atoms with Crippen LogP contribution in [0, 0.1) is 10.1 Å². The molecule has 1 aliphatic rings. The minimum absolute atomic E-state index is 0.00759. The third-order valence-corrected chi connectivity index (χ3v) is 3.18. The average molecular weight is 264 g/mol. The molecular formula is C13H16N2O4. The zero-order chi connectivity index (χ0) is 13.8. The molecule has 1 amide bonds. The number of benzene rings is 1. The first kappa shape index (κ1) is 13.5. The van der Waals surface area contributed by atoms with E-state index in [1.165, 1.54) is 6.07 Å². The van der Waals surface area contributed by atoms with E-state index >= 15 is 0 Å². The van der Waals surface area contributed by atoms with E-state index in [1.807, 2.05) is 0 Å². The van der Waals surface area contributed by atoms with Gasteiger partial charge in [0, 0.05) is 24.2 Å². The number of nitro benzene ring substituents is 1. The number of rotatable bonds is 6. The minimum atomic E-state index is -0.476. The molecule has 0 bridgehead atoms. The van der Waals surface area contributed by atoms with Gasteiger partial charge in [0.25, 0.3) is 5.69 Å². The summed E-state index contributed by atoms with van der Waals surface area (Å²) in [6, 6.07) is 6.46. The van der Waals surface area contributed by atoms with E-state index in [1.54, 1.807) is 23.1 Å². The van der Waals surface area contributed by atoms with E-state index in [9.17, 15) is 14.9 Å². The molecule has 6 nitrogen and oxygen atoms in total. The van der Waals surface area contributed by atoms with Crippen molar-refractivity contribution in [2.45, 2.75) is 25.3 Å². The Kier molecular flexibility index (Phi) is 4.11. The van der Waals surface area contributed by atoms with Gasteiger partial charge in [-0.2, -0.15) is 0 Å². The Bertz CT molecular complexity index is 485. The molecule has 0 heterocycles. The highest BCUT2D eigenvalue weighted by Crippen LogP contribution is 2.28. The molecule has 1 fully saturated rings. The number of nitrogens with zero attached hydrogens (tertiary/aromatic N) is 2. The summed E-state index contributed by atoms with van der Waals surface area (Å²) in [6.07, 6.45) is 1.90. The molecule has 0 atom stereocenters. The van der Waals surface area contributed by atoms with E-state index in [0.717, 1.165) is 12.8 Å². The topological polar surface area (TPSA) is 83.7 Å². The van der Waals surface area contributed by atoms with Crippen LogP contribution in [0.3, 0.4) is 0 Å². The van der Waals surface area contributed by atoms with Gasteiger partial charge in [-0.25, -0.2) is 0 Å². The first-order valence-electron chi connectivity index (χ1n) is 6.26. The SMILES string of the molecule is O=C(Cc1ccccc1[N+](=O)[O-])N(CCO)C1CC1. The molecule has 102 valence electrons. The fraction of sp³-hybridized carbons (Fsp3) is 0.462. The van der Waals surface area contributed by atoms with Gasteiger partial charge in [-0.05, 0) is 12.8 Å². The van der Waals surface area contributed by atoms with Crippen molar-refractivity contribution in [3.63, 3.8) is 0 Å². The van der Waals surface area contributed by atoms with Crippen LogP contribution in [-0.2, 0) is 11.2 Å². The molecule has 1 aromatic carbocycles. The minimum Gasteiger partial charge on any atom is -0.395 e. The number of carbonyl (C=O) groups is 1. The second-order valence-electron chi connectivity index (χ2n) is 4.60. The van der Waals surface area contributed by atoms with Gasteiger partial charge in [0.1, 0.15) is 0 Å². The van der Waals surface area contributed by atoms with Crippen LogP contribution < -0.4 is 0 Å². The number of hydrogen-bond donors (Lipinski definition) is 1. The molecule has 1 N–H and O–H groups in total. The average Bonchev–Trinajstić information content (AvgIpc) is 3.20. The van der Waals surface area contributed by atoms with Crippen molar-refractivity contribution >= 4 is 11.6 Å². The van der Waals surface area contributed by atoms with Crippen molar-refractivity contribution in [1.29, 1.82) is 0 Å². The molecule has 0 saturated heterocycles. The van der Waals surface area contributed by atoms with Crippen LogP contribution in [0.5, 0.6) is 0 Å². The molecule has 0 radical (unpaired) electrons. The summed E-state index contributed by atoms with van der Waals surface area (Å²) in [5.41, 5.74) is 0.386. The zero-order valence-electron chi connectivity index (χ0n) is 10.5. The third-order valence-electron chi connectivity index (χ3n) is 3.18. The Labute approximate surface area is 110 Å². The predicted octanol–water partition coefficient (Wildman–Crippen LogP) is 1.12. The molecule has 1 aromatic rings. The molecule has 1 aliphatic carbocycles. The first-order valence-corrected chi connectivity index (χ1v) is 6.26. The van der Waals surface area contributed by atoms with E-state index in [2.05, 4.69) is 0 Å². The molecule has 2 rings (SSSR count). The summed E-state index contributed by atoms with van der Waals surface area (Å²) in [5.74, 6) is -0.161. The largest absolute Gasteiger partial charge is 0.395 e. The molecule has 0 aliphatic heterocycles. The van der Waals surface area contributed by atoms with Crippen molar-refractivity contribution in [1.82, 2.24) is 4.90 Å². The number of carbonyl (C=O) groups excluding carboxylic acids is 1. The first-order chi connectivity index (χ1) is 9.13. The molecule has 19 heavy (non-hydrogen) atoms. The Balaban J connectivity index is 2.11. The summed E-state index contributed by atoms with van der Waals surface area (Å²) >= 11 is 0. The highest BCUT2D eigenvalue weighted by molar-refractivity contribution is 5.80. The van der Waals surface area contributed by atoms with Gasteiger partial charge < -0.3 is 10.0 Å². The van der Waals surface area contributed by atoms with Gasteiger partial charge >= 0.3 is 0 Å². The second-order valence-corrected chi connectivity index (χ2v) is 4.60. The standard InChI is InChI=1S/C13H16N2O4/c16-8-7-14(11-5-6-11)13(17)9-10-3-1-2-4-12(10)15(18)19/h1-4,11,16H,5-9H2. The smallest absolute Gasteiger partial charge is 0.273 e. The van der Waals surface area contributed by atoms with Crippen LogP contribution in [0.2, 0.25) is 0 Å². The van der Waals surface area contributed by atoms with Crippen LogP contribution >= 0.6 is 0 Å². The highest BCUT2D eigenvalue weighted by Gasteiger charge is 2.32. The van der Waals surface area contributed by atoms with Crippen LogP contribution in [0.1, 0.15) is 18.4 Å². The molecule has 0 aromatic heterocycles. The van der Waals surface area contributed by atoms with Crippen molar-refractivity contribution in [3.8, 4) is 0 Å². The maximum Gasteiger partial charge on any atom is 0.273 e. The molecule has 6 heteroatoms. The fourth-order valence-corrected chi connectivity index (χ4v) is 2.11. The molecule has 0 unspecified atom stereocenters. The monoisotopic (exact) mass is 264 g/mol. The van der Waals surface area contributed by atoms with Gasteiger partial charge in [-0.1, -0.05) is 18.2 Å². The lowest BCUT2D eigenvalue weighted by Crippen LogP contribution is -2.36. The predicted molar refractivity (Wildman–Crippen MR) is 68.6 cm³/mol. The number of para-hydroxylation sites is 1. The lowest BCUT2D eigenvalue weighted by atomic mass is 10.1. The van der Waals surface area contributed by atoms with E-state index in [4.69, 9.17) is 5.11 Å².